The van der Waals surface area contributed by atoms with Gasteiger partial charge in [0.15, 0.2) is 0 Å². The second-order valence-electron chi connectivity index (χ2n) is 5.42. The third kappa shape index (κ3) is 4.81. The van der Waals surface area contributed by atoms with Crippen molar-refractivity contribution in [3.63, 3.8) is 0 Å². The van der Waals surface area contributed by atoms with Gasteiger partial charge in [-0.15, -0.1) is 0 Å². The predicted octanol–water partition coefficient (Wildman–Crippen LogP) is 5.97. The molecule has 0 saturated heterocycles. The lowest BCUT2D eigenvalue weighted by atomic mass is 9.85. The second kappa shape index (κ2) is 7.52. The zero-order chi connectivity index (χ0) is 20.6. The molecule has 10 heteroatoms. The highest BCUT2D eigenvalue weighted by Gasteiger charge is 2.53. The molecule has 0 heterocycles. The van der Waals surface area contributed by atoms with E-state index in [4.69, 9.17) is 23.2 Å². The average Bonchev–Trinajstić information content (AvgIpc) is 2.52. The van der Waals surface area contributed by atoms with Crippen LogP contribution in [-0.4, -0.2) is 22.8 Å². The maximum absolute atomic E-state index is 13.2. The number of benzene rings is 1. The molecule has 0 atom stereocenters. The highest BCUT2D eigenvalue weighted by Crippen LogP contribution is 2.47. The van der Waals surface area contributed by atoms with Crippen molar-refractivity contribution in [1.82, 2.24) is 0 Å². The van der Waals surface area contributed by atoms with E-state index in [9.17, 15) is 35.9 Å². The van der Waals surface area contributed by atoms with Gasteiger partial charge >= 0.3 is 12.4 Å². The molecule has 1 aromatic rings. The minimum absolute atomic E-state index is 0.0152. The van der Waals surface area contributed by atoms with E-state index in [2.05, 4.69) is 0 Å². The van der Waals surface area contributed by atoms with Gasteiger partial charge in [-0.1, -0.05) is 24.3 Å². The first-order chi connectivity index (χ1) is 12.3. The zero-order valence-corrected chi connectivity index (χ0v) is 14.5. The Hall–Kier alpha value is -2.06. The van der Waals surface area contributed by atoms with Gasteiger partial charge in [0.25, 0.3) is 5.24 Å². The van der Waals surface area contributed by atoms with Crippen molar-refractivity contribution in [2.75, 3.05) is 0 Å². The first-order valence-electron chi connectivity index (χ1n) is 7.11. The van der Waals surface area contributed by atoms with Crippen LogP contribution in [0.4, 0.5) is 26.3 Å². The minimum Gasteiger partial charge on any atom is -0.276 e. The smallest absolute Gasteiger partial charge is 0.276 e. The topological polar surface area (TPSA) is 34.1 Å². The molecule has 144 valence electrons. The number of halogens is 8. The van der Waals surface area contributed by atoms with Crippen LogP contribution in [0.25, 0.3) is 5.57 Å². The molecular weight excluding hydrogens is 421 g/mol. The standard InChI is InChI=1S/C17H8Cl2F6O2/c18-14(26)9-3-1-8(2-4-9)11-6-5-10(15(19)27)7-12(11)13(16(20,21)22)17(23,24)25/h1-6H,7H2. The summed E-state index contributed by atoms with van der Waals surface area (Å²) in [4.78, 5) is 22.3. The molecule has 1 aliphatic rings. The van der Waals surface area contributed by atoms with Crippen molar-refractivity contribution in [3.05, 3.63) is 64.3 Å². The van der Waals surface area contributed by atoms with Crippen LogP contribution in [0.2, 0.25) is 0 Å². The average molecular weight is 429 g/mol. The molecule has 0 spiro atoms. The summed E-state index contributed by atoms with van der Waals surface area (Å²) in [6.07, 6.45) is -10.4. The zero-order valence-electron chi connectivity index (χ0n) is 13.0. The van der Waals surface area contributed by atoms with Crippen LogP contribution in [0.1, 0.15) is 22.3 Å². The fourth-order valence-corrected chi connectivity index (χ4v) is 2.80. The highest BCUT2D eigenvalue weighted by atomic mass is 35.5. The van der Waals surface area contributed by atoms with Gasteiger partial charge in [-0.25, -0.2) is 0 Å². The van der Waals surface area contributed by atoms with Crippen LogP contribution in [0.15, 0.2) is 53.1 Å². The van der Waals surface area contributed by atoms with Gasteiger partial charge in [0, 0.05) is 17.6 Å². The Balaban J connectivity index is 2.74. The van der Waals surface area contributed by atoms with E-state index in [1.165, 1.54) is 0 Å². The fourth-order valence-electron chi connectivity index (χ4n) is 2.54. The van der Waals surface area contributed by atoms with E-state index in [0.717, 1.165) is 36.4 Å². The molecule has 0 aromatic heterocycles. The van der Waals surface area contributed by atoms with Gasteiger partial charge in [0.2, 0.25) is 5.24 Å². The molecule has 0 bridgehead atoms. The van der Waals surface area contributed by atoms with Crippen molar-refractivity contribution in [1.29, 1.82) is 0 Å². The maximum Gasteiger partial charge on any atom is 0.421 e. The minimum atomic E-state index is -5.71. The number of allylic oxidation sites excluding steroid dienone is 6. The van der Waals surface area contributed by atoms with E-state index in [1.54, 1.807) is 0 Å². The van der Waals surface area contributed by atoms with Crippen LogP contribution < -0.4 is 0 Å². The van der Waals surface area contributed by atoms with Crippen LogP contribution in [-0.2, 0) is 4.79 Å². The molecule has 0 saturated carbocycles. The van der Waals surface area contributed by atoms with E-state index in [-0.39, 0.29) is 11.1 Å². The van der Waals surface area contributed by atoms with E-state index in [1.807, 2.05) is 0 Å². The number of rotatable bonds is 3. The molecule has 1 aromatic carbocycles. The third-order valence-corrected chi connectivity index (χ3v) is 4.15. The van der Waals surface area contributed by atoms with E-state index < -0.39 is 51.6 Å². The number of hydrogen-bond donors (Lipinski definition) is 0. The number of carbonyl (C=O) groups excluding carboxylic acids is 2. The van der Waals surface area contributed by atoms with Crippen molar-refractivity contribution < 1.29 is 35.9 Å². The summed E-state index contributed by atoms with van der Waals surface area (Å²) in [6.45, 7) is 0. The SMILES string of the molecule is O=C(Cl)C1=CC=C(c2ccc(C(=O)Cl)cc2)C(=C(C(F)(F)F)C(F)(F)F)C1. The first-order valence-corrected chi connectivity index (χ1v) is 7.87. The second-order valence-corrected chi connectivity index (χ2v) is 6.11. The molecule has 0 fully saturated rings. The number of carbonyl (C=O) groups is 2. The first kappa shape index (κ1) is 21.2. The lowest BCUT2D eigenvalue weighted by Gasteiger charge is -2.24. The summed E-state index contributed by atoms with van der Waals surface area (Å²) in [7, 11) is 0. The Kier molecular flexibility index (Phi) is 5.91. The summed E-state index contributed by atoms with van der Waals surface area (Å²) in [5, 5.41) is -1.99. The van der Waals surface area contributed by atoms with E-state index >= 15 is 0 Å². The molecule has 0 N–H and O–H groups in total. The molecule has 27 heavy (non-hydrogen) atoms. The Morgan fingerprint density at radius 2 is 1.33 bits per heavy atom. The molecule has 0 radical (unpaired) electrons. The van der Waals surface area contributed by atoms with Crippen molar-refractivity contribution >= 4 is 39.3 Å². The summed E-state index contributed by atoms with van der Waals surface area (Å²) in [5.74, 6) is 0. The highest BCUT2D eigenvalue weighted by molar-refractivity contribution is 6.68. The van der Waals surface area contributed by atoms with Gasteiger partial charge in [-0.05, 0) is 52.0 Å². The third-order valence-electron chi connectivity index (χ3n) is 3.69. The Morgan fingerprint density at radius 3 is 1.74 bits per heavy atom. The summed E-state index contributed by atoms with van der Waals surface area (Å²) >= 11 is 10.5. The van der Waals surface area contributed by atoms with Gasteiger partial charge < -0.3 is 0 Å². The van der Waals surface area contributed by atoms with Crippen molar-refractivity contribution in [2.45, 2.75) is 18.8 Å². The molecule has 0 amide bonds. The summed E-state index contributed by atoms with van der Waals surface area (Å²) < 4.78 is 79.1. The molecule has 2 rings (SSSR count). The Bertz CT molecular complexity index is 858. The summed E-state index contributed by atoms with van der Waals surface area (Å²) in [5.41, 5.74) is -4.66. The molecule has 1 aliphatic carbocycles. The van der Waals surface area contributed by atoms with Crippen LogP contribution in [0.3, 0.4) is 0 Å². The molecule has 0 aliphatic heterocycles. The van der Waals surface area contributed by atoms with Gasteiger partial charge in [0.1, 0.15) is 5.57 Å². The van der Waals surface area contributed by atoms with Gasteiger partial charge in [-0.2, -0.15) is 26.3 Å². The maximum atomic E-state index is 13.2. The fraction of sp³-hybridized carbons (Fsp3) is 0.176. The molecule has 2 nitrogen and oxygen atoms in total. The molecular formula is C17H8Cl2F6O2. The van der Waals surface area contributed by atoms with Crippen molar-refractivity contribution in [3.8, 4) is 0 Å². The Labute approximate surface area is 158 Å². The normalized spacial score (nSPS) is 15.2. The predicted molar refractivity (Wildman–Crippen MR) is 87.3 cm³/mol. The lowest BCUT2D eigenvalue weighted by Crippen LogP contribution is -2.29. The number of hydrogen-bond acceptors (Lipinski definition) is 2. The van der Waals surface area contributed by atoms with Crippen molar-refractivity contribution in [2.24, 2.45) is 0 Å². The number of alkyl halides is 6. The Morgan fingerprint density at radius 1 is 0.815 bits per heavy atom. The van der Waals surface area contributed by atoms with Crippen LogP contribution >= 0.6 is 23.2 Å². The largest absolute Gasteiger partial charge is 0.421 e. The van der Waals surface area contributed by atoms with Gasteiger partial charge in [0.05, 0.1) is 0 Å². The quantitative estimate of drug-likeness (QED) is 0.439. The van der Waals surface area contributed by atoms with Crippen LogP contribution in [0.5, 0.6) is 0 Å². The van der Waals surface area contributed by atoms with Crippen LogP contribution in [0, 0.1) is 0 Å². The summed E-state index contributed by atoms with van der Waals surface area (Å²) in [6, 6.07) is 4.64. The van der Waals surface area contributed by atoms with Gasteiger partial charge in [-0.3, -0.25) is 9.59 Å². The van der Waals surface area contributed by atoms with E-state index in [0.29, 0.717) is 0 Å². The monoisotopic (exact) mass is 428 g/mol. The lowest BCUT2D eigenvalue weighted by molar-refractivity contribution is -0.172. The molecule has 0 unspecified atom stereocenters.